The van der Waals surface area contributed by atoms with Gasteiger partial charge in [0, 0.05) is 18.1 Å². The Bertz CT molecular complexity index is 1110. The van der Waals surface area contributed by atoms with Crippen LogP contribution in [0.15, 0.2) is 58.1 Å². The molecule has 166 valence electrons. The molecule has 6 heteroatoms. The molecule has 3 aliphatic rings. The minimum absolute atomic E-state index is 0.0200. The summed E-state index contributed by atoms with van der Waals surface area (Å²) in [4.78, 5) is 10.0. The molecule has 2 fully saturated rings. The smallest absolute Gasteiger partial charge is 0.184 e. The summed E-state index contributed by atoms with van der Waals surface area (Å²) >= 11 is 0. The fourth-order valence-electron chi connectivity index (χ4n) is 5.48. The maximum Gasteiger partial charge on any atom is 0.184 e. The lowest BCUT2D eigenvalue weighted by Gasteiger charge is -2.44. The van der Waals surface area contributed by atoms with E-state index in [1.807, 2.05) is 32.1 Å². The van der Waals surface area contributed by atoms with E-state index in [-0.39, 0.29) is 17.1 Å². The molecule has 0 unspecified atom stereocenters. The number of allylic oxidation sites excluding steroid dienone is 3. The number of amidine groups is 1. The molecule has 0 saturated heterocycles. The second kappa shape index (κ2) is 8.14. The summed E-state index contributed by atoms with van der Waals surface area (Å²) in [6.07, 6.45) is 8.80. The molecule has 1 aliphatic heterocycles. The van der Waals surface area contributed by atoms with E-state index in [1.165, 1.54) is 6.07 Å². The molecule has 0 bridgehead atoms. The van der Waals surface area contributed by atoms with Crippen LogP contribution in [0.25, 0.3) is 5.57 Å². The van der Waals surface area contributed by atoms with Gasteiger partial charge in [-0.2, -0.15) is 5.26 Å². The number of fused-ring (bicyclic) bond motifs is 1. The molecule has 1 heterocycles. The molecule has 2 aliphatic carbocycles. The molecule has 0 radical (unpaired) electrons. The molecule has 0 amide bonds. The minimum Gasteiger partial charge on any atom is -0.382 e. The molecule has 2 saturated carbocycles. The molecule has 2 N–H and O–H groups in total. The van der Waals surface area contributed by atoms with Gasteiger partial charge in [0.05, 0.1) is 17.4 Å². The number of nitrogens with two attached hydrogens (primary N) is 1. The fourth-order valence-corrected chi connectivity index (χ4v) is 5.48. The predicted octanol–water partition coefficient (Wildman–Crippen LogP) is 5.09. The highest BCUT2D eigenvalue weighted by atomic mass is 19.1. The van der Waals surface area contributed by atoms with E-state index in [0.717, 1.165) is 60.1 Å². The van der Waals surface area contributed by atoms with Gasteiger partial charge in [-0.3, -0.25) is 4.99 Å². The summed E-state index contributed by atoms with van der Waals surface area (Å²) in [6.45, 7) is 8.23. The summed E-state index contributed by atoms with van der Waals surface area (Å²) < 4.78 is 19.5. The highest BCUT2D eigenvalue weighted by molar-refractivity contribution is 6.41. The molecule has 1 aromatic rings. The number of hydrogen-bond acceptors (Lipinski definition) is 5. The second-order valence-electron chi connectivity index (χ2n) is 8.97. The number of hydrogen-bond donors (Lipinski definition) is 1. The third kappa shape index (κ3) is 3.32. The highest BCUT2D eigenvalue weighted by Gasteiger charge is 2.61. The maximum atomic E-state index is 13.9. The SMILES string of the molecule is C=C1CC2(CCC(OC)CC2)[C@]2(N=C(C)C(N)=N2)/C1=C/C(=C\C)c1ccc(F)c(C#N)c1. The Hall–Kier alpha value is -3.04. The molecule has 4 rings (SSSR count). The first-order chi connectivity index (χ1) is 15.3. The third-order valence-electron chi connectivity index (χ3n) is 7.28. The van der Waals surface area contributed by atoms with Crippen molar-refractivity contribution in [3.05, 3.63) is 65.0 Å². The van der Waals surface area contributed by atoms with Crippen LogP contribution in [-0.2, 0) is 4.74 Å². The van der Waals surface area contributed by atoms with Gasteiger partial charge in [0.25, 0.3) is 0 Å². The van der Waals surface area contributed by atoms with Crippen molar-refractivity contribution in [3.8, 4) is 6.07 Å². The number of methoxy groups -OCH3 is 1. The van der Waals surface area contributed by atoms with Crippen LogP contribution in [0.2, 0.25) is 0 Å². The van der Waals surface area contributed by atoms with E-state index in [2.05, 4.69) is 6.58 Å². The van der Waals surface area contributed by atoms with Gasteiger partial charge in [0.2, 0.25) is 0 Å². The Morgan fingerprint density at radius 2 is 2.06 bits per heavy atom. The Labute approximate surface area is 188 Å². The lowest BCUT2D eigenvalue weighted by Crippen LogP contribution is -2.45. The zero-order valence-corrected chi connectivity index (χ0v) is 18.9. The first-order valence-electron chi connectivity index (χ1n) is 11.0. The van der Waals surface area contributed by atoms with E-state index in [1.54, 1.807) is 19.2 Å². The third-order valence-corrected chi connectivity index (χ3v) is 7.28. The zero-order valence-electron chi connectivity index (χ0n) is 18.9. The van der Waals surface area contributed by atoms with Gasteiger partial charge in [-0.15, -0.1) is 0 Å². The lowest BCUT2D eigenvalue weighted by atomic mass is 9.66. The summed E-state index contributed by atoms with van der Waals surface area (Å²) in [6, 6.07) is 6.51. The number of nitriles is 1. The highest BCUT2D eigenvalue weighted by Crippen LogP contribution is 2.63. The van der Waals surface area contributed by atoms with Crippen LogP contribution in [0.5, 0.6) is 0 Å². The fraction of sp³-hybridized carbons (Fsp3) is 0.423. The Morgan fingerprint density at radius 3 is 2.62 bits per heavy atom. The zero-order chi connectivity index (χ0) is 23.1. The quantitative estimate of drug-likeness (QED) is 0.722. The molecule has 1 aromatic carbocycles. The Morgan fingerprint density at radius 1 is 1.34 bits per heavy atom. The second-order valence-corrected chi connectivity index (χ2v) is 8.97. The van der Waals surface area contributed by atoms with Crippen molar-refractivity contribution in [3.63, 3.8) is 0 Å². The summed E-state index contributed by atoms with van der Waals surface area (Å²) in [5.41, 5.74) is 9.61. The predicted molar refractivity (Wildman–Crippen MR) is 126 cm³/mol. The maximum absolute atomic E-state index is 13.9. The van der Waals surface area contributed by atoms with E-state index < -0.39 is 11.5 Å². The van der Waals surface area contributed by atoms with Crippen molar-refractivity contribution in [1.82, 2.24) is 0 Å². The minimum atomic E-state index is -0.802. The van der Waals surface area contributed by atoms with Crippen molar-refractivity contribution >= 4 is 17.1 Å². The van der Waals surface area contributed by atoms with Crippen molar-refractivity contribution in [2.45, 2.75) is 57.7 Å². The number of aliphatic imine (C=N–C) groups is 2. The number of benzene rings is 1. The van der Waals surface area contributed by atoms with Crippen LogP contribution in [0.4, 0.5) is 4.39 Å². The number of halogens is 1. The van der Waals surface area contributed by atoms with Crippen LogP contribution in [0, 0.1) is 22.6 Å². The normalized spacial score (nSPS) is 31.3. The molecule has 1 atom stereocenters. The molecular formula is C26H29FN4O. The van der Waals surface area contributed by atoms with Crippen LogP contribution >= 0.6 is 0 Å². The number of nitrogens with zero attached hydrogens (tertiary/aromatic N) is 3. The van der Waals surface area contributed by atoms with Gasteiger partial charge in [0.15, 0.2) is 5.66 Å². The van der Waals surface area contributed by atoms with Gasteiger partial charge in [-0.05, 0) is 80.9 Å². The summed E-state index contributed by atoms with van der Waals surface area (Å²) in [7, 11) is 1.77. The Kier molecular flexibility index (Phi) is 5.64. The standard InChI is InChI=1S/C26H29FN4O/c1-5-18(19-6-7-23(27)20(12-19)15-28)13-22-16(2)14-25(10-8-21(32-4)9-11-25)26(22)30-17(3)24(29)31-26/h5-7,12-13,21H,2,8-11,14H2,1,3-4H3,(H2,29,31)/b18-5+,22-13+/t21?,25?,26-/m0/s1. The van der Waals surface area contributed by atoms with E-state index in [0.29, 0.717) is 5.84 Å². The van der Waals surface area contributed by atoms with Crippen LogP contribution < -0.4 is 5.73 Å². The van der Waals surface area contributed by atoms with Gasteiger partial charge < -0.3 is 10.5 Å². The number of rotatable bonds is 3. The molecule has 5 nitrogen and oxygen atoms in total. The van der Waals surface area contributed by atoms with Crippen LogP contribution in [-0.4, -0.2) is 30.4 Å². The molecule has 32 heavy (non-hydrogen) atoms. The van der Waals surface area contributed by atoms with E-state index in [9.17, 15) is 9.65 Å². The monoisotopic (exact) mass is 432 g/mol. The van der Waals surface area contributed by atoms with Crippen molar-refractivity contribution in [2.24, 2.45) is 21.1 Å². The Balaban J connectivity index is 1.84. The average molecular weight is 433 g/mol. The lowest BCUT2D eigenvalue weighted by molar-refractivity contribution is 0.0108. The van der Waals surface area contributed by atoms with Gasteiger partial charge in [0.1, 0.15) is 17.7 Å². The average Bonchev–Trinajstić information content (AvgIpc) is 3.20. The van der Waals surface area contributed by atoms with Gasteiger partial charge in [-0.25, -0.2) is 9.38 Å². The first kappa shape index (κ1) is 22.2. The van der Waals surface area contributed by atoms with E-state index in [4.69, 9.17) is 20.5 Å². The molecule has 2 spiro atoms. The van der Waals surface area contributed by atoms with Crippen molar-refractivity contribution in [1.29, 1.82) is 5.26 Å². The van der Waals surface area contributed by atoms with Crippen LogP contribution in [0.3, 0.4) is 0 Å². The molecule has 0 aromatic heterocycles. The van der Waals surface area contributed by atoms with Crippen molar-refractivity contribution < 1.29 is 9.13 Å². The van der Waals surface area contributed by atoms with Crippen molar-refractivity contribution in [2.75, 3.05) is 7.11 Å². The van der Waals surface area contributed by atoms with Gasteiger partial charge >= 0.3 is 0 Å². The topological polar surface area (TPSA) is 83.8 Å². The number of ether oxygens (including phenoxy) is 1. The van der Waals surface area contributed by atoms with Gasteiger partial charge in [-0.1, -0.05) is 18.7 Å². The van der Waals surface area contributed by atoms with Crippen LogP contribution in [0.1, 0.15) is 57.1 Å². The first-order valence-corrected chi connectivity index (χ1v) is 11.0. The largest absolute Gasteiger partial charge is 0.382 e. The summed E-state index contributed by atoms with van der Waals surface area (Å²) in [5.74, 6) is -0.0576. The molecular weight excluding hydrogens is 403 g/mol. The summed E-state index contributed by atoms with van der Waals surface area (Å²) in [5, 5.41) is 9.26. The van der Waals surface area contributed by atoms with E-state index >= 15 is 0 Å².